The van der Waals surface area contributed by atoms with Crippen LogP contribution in [0, 0.1) is 0 Å². The van der Waals surface area contributed by atoms with E-state index in [2.05, 4.69) is 61.3 Å². The summed E-state index contributed by atoms with van der Waals surface area (Å²) in [6, 6.07) is 8.82. The van der Waals surface area contributed by atoms with Crippen molar-refractivity contribution in [2.75, 3.05) is 14.1 Å². The number of hydrogen-bond acceptors (Lipinski definition) is 4. The van der Waals surface area contributed by atoms with Crippen LogP contribution in [-0.2, 0) is 14.6 Å². The average molecular weight is 361 g/mol. The molecular weight excluding hydrogens is 333 g/mol. The highest BCUT2D eigenvalue weighted by atomic mass is 32.3. The zero-order valence-corrected chi connectivity index (χ0v) is 16.3. The van der Waals surface area contributed by atoms with Crippen LogP contribution in [0.4, 0.5) is 0 Å². The largest absolute Gasteiger partial charge is 0.397 e. The second kappa shape index (κ2) is 9.09. The van der Waals surface area contributed by atoms with Crippen LogP contribution in [0.5, 0.6) is 0 Å². The van der Waals surface area contributed by atoms with Crippen LogP contribution < -0.4 is 5.30 Å². The molecule has 1 aromatic rings. The van der Waals surface area contributed by atoms with Crippen molar-refractivity contribution in [3.63, 3.8) is 0 Å². The molecule has 0 aliphatic heterocycles. The maximum Gasteiger partial charge on any atom is 0.397 e. The van der Waals surface area contributed by atoms with Crippen molar-refractivity contribution in [3.05, 3.63) is 29.8 Å². The normalized spacial score (nSPS) is 16.8. The molecule has 0 radical (unpaired) electrons. The van der Waals surface area contributed by atoms with E-state index in [1.807, 2.05) is 0 Å². The van der Waals surface area contributed by atoms with Crippen molar-refractivity contribution in [2.45, 2.75) is 51.4 Å². The minimum atomic E-state index is -4.36. The highest BCUT2D eigenvalue weighted by Gasteiger charge is 2.16. The molecule has 0 fully saturated rings. The molecule has 132 valence electrons. The van der Waals surface area contributed by atoms with Gasteiger partial charge in [-0.1, -0.05) is 39.8 Å². The van der Waals surface area contributed by atoms with Crippen LogP contribution in [0.3, 0.4) is 0 Å². The van der Waals surface area contributed by atoms with Crippen molar-refractivity contribution < 1.29 is 17.2 Å². The summed E-state index contributed by atoms with van der Waals surface area (Å²) in [5.41, 5.74) is 1.77. The van der Waals surface area contributed by atoms with E-state index in [1.165, 1.54) is 10.9 Å². The third-order valence-electron chi connectivity index (χ3n) is 3.88. The Morgan fingerprint density at radius 3 is 2.35 bits per heavy atom. The number of hydrogen-bond donors (Lipinski definition) is 1. The fourth-order valence-corrected chi connectivity index (χ4v) is 4.35. The minimum absolute atomic E-state index is 0.354. The summed E-state index contributed by atoms with van der Waals surface area (Å²) in [6.45, 7) is 6.01. The molecule has 1 aromatic carbocycles. The summed E-state index contributed by atoms with van der Waals surface area (Å²) in [5, 5.41) is 1.35. The maximum atomic E-state index is 10.7. The van der Waals surface area contributed by atoms with E-state index in [-0.39, 0.29) is 0 Å². The van der Waals surface area contributed by atoms with E-state index in [4.69, 9.17) is 4.55 Å². The van der Waals surface area contributed by atoms with Crippen LogP contribution >= 0.6 is 8.58 Å². The maximum absolute atomic E-state index is 10.7. The van der Waals surface area contributed by atoms with Gasteiger partial charge in [-0.05, 0) is 57.3 Å². The van der Waals surface area contributed by atoms with Crippen LogP contribution in [-0.4, -0.2) is 43.7 Å². The molecule has 0 spiro atoms. The zero-order chi connectivity index (χ0) is 17.6. The summed E-state index contributed by atoms with van der Waals surface area (Å²) in [7, 11) is 0.439. The first-order chi connectivity index (χ1) is 10.6. The molecule has 0 aliphatic rings. The van der Waals surface area contributed by atoms with Gasteiger partial charge in [0.05, 0.1) is 6.10 Å². The van der Waals surface area contributed by atoms with Gasteiger partial charge in [0.25, 0.3) is 0 Å². The van der Waals surface area contributed by atoms with Gasteiger partial charge in [-0.3, -0.25) is 4.55 Å². The Kier molecular flexibility index (Phi) is 8.11. The van der Waals surface area contributed by atoms with Crippen molar-refractivity contribution in [1.82, 2.24) is 4.90 Å². The van der Waals surface area contributed by atoms with E-state index in [0.717, 1.165) is 6.42 Å². The predicted molar refractivity (Wildman–Crippen MR) is 97.3 cm³/mol. The summed E-state index contributed by atoms with van der Waals surface area (Å²) in [4.78, 5) is 2.19. The second-order valence-electron chi connectivity index (χ2n) is 6.18. The highest BCUT2D eigenvalue weighted by Crippen LogP contribution is 2.28. The van der Waals surface area contributed by atoms with Gasteiger partial charge < -0.3 is 4.90 Å². The fourth-order valence-electron chi connectivity index (χ4n) is 2.35. The van der Waals surface area contributed by atoms with Crippen LogP contribution in [0.1, 0.15) is 45.2 Å². The lowest BCUT2D eigenvalue weighted by molar-refractivity contribution is 0.186. The van der Waals surface area contributed by atoms with Crippen LogP contribution in [0.25, 0.3) is 0 Å². The Morgan fingerprint density at radius 2 is 1.78 bits per heavy atom. The quantitative estimate of drug-likeness (QED) is 0.541. The van der Waals surface area contributed by atoms with Gasteiger partial charge >= 0.3 is 10.4 Å². The third kappa shape index (κ3) is 7.73. The Balaban J connectivity index is 2.63. The van der Waals surface area contributed by atoms with E-state index >= 15 is 0 Å². The molecule has 7 heteroatoms. The SMILES string of the molecule is C[C@H](CC[C@H](C)OS(=O)(=O)O)Pc1ccccc1[C@H](C)N(C)C. The molecule has 0 aliphatic carbocycles. The lowest BCUT2D eigenvalue weighted by Gasteiger charge is -2.24. The lowest BCUT2D eigenvalue weighted by atomic mass is 10.1. The molecule has 0 saturated heterocycles. The fraction of sp³-hybridized carbons (Fsp3) is 0.625. The topological polar surface area (TPSA) is 66.8 Å². The van der Waals surface area contributed by atoms with Crippen molar-refractivity contribution >= 4 is 24.3 Å². The Bertz CT molecular complexity index is 591. The van der Waals surface area contributed by atoms with E-state index < -0.39 is 16.5 Å². The van der Waals surface area contributed by atoms with Gasteiger partial charge in [0.1, 0.15) is 0 Å². The minimum Gasteiger partial charge on any atom is -0.303 e. The van der Waals surface area contributed by atoms with Crippen molar-refractivity contribution in [1.29, 1.82) is 0 Å². The molecule has 5 nitrogen and oxygen atoms in total. The predicted octanol–water partition coefficient (Wildman–Crippen LogP) is 2.99. The number of nitrogens with zero attached hydrogens (tertiary/aromatic N) is 1. The molecule has 1 rings (SSSR count). The van der Waals surface area contributed by atoms with Gasteiger partial charge in [-0.25, -0.2) is 4.18 Å². The first kappa shape index (κ1) is 20.5. The molecule has 0 amide bonds. The Morgan fingerprint density at radius 1 is 1.17 bits per heavy atom. The van der Waals surface area contributed by atoms with Gasteiger partial charge in [0, 0.05) is 6.04 Å². The monoisotopic (exact) mass is 361 g/mol. The average Bonchev–Trinajstić information content (AvgIpc) is 2.43. The number of benzene rings is 1. The van der Waals surface area contributed by atoms with Crippen LogP contribution in [0.15, 0.2) is 24.3 Å². The lowest BCUT2D eigenvalue weighted by Crippen LogP contribution is -2.22. The molecule has 1 unspecified atom stereocenters. The molecule has 0 heterocycles. The van der Waals surface area contributed by atoms with E-state index in [1.54, 1.807) is 6.92 Å². The van der Waals surface area contributed by atoms with E-state index in [9.17, 15) is 8.42 Å². The molecule has 0 aromatic heterocycles. The van der Waals surface area contributed by atoms with Gasteiger partial charge in [-0.15, -0.1) is 0 Å². The van der Waals surface area contributed by atoms with Gasteiger partial charge in [0.2, 0.25) is 0 Å². The molecule has 0 bridgehead atoms. The zero-order valence-electron chi connectivity index (χ0n) is 14.5. The van der Waals surface area contributed by atoms with Crippen molar-refractivity contribution in [3.8, 4) is 0 Å². The molecule has 4 atom stereocenters. The third-order valence-corrected chi connectivity index (χ3v) is 6.00. The smallest absolute Gasteiger partial charge is 0.303 e. The second-order valence-corrected chi connectivity index (χ2v) is 9.05. The summed E-state index contributed by atoms with van der Waals surface area (Å²) >= 11 is 0. The van der Waals surface area contributed by atoms with Crippen molar-refractivity contribution in [2.24, 2.45) is 0 Å². The summed E-state index contributed by atoms with van der Waals surface area (Å²) < 4.78 is 34.6. The van der Waals surface area contributed by atoms with Crippen LogP contribution in [0.2, 0.25) is 0 Å². The Labute approximate surface area is 142 Å². The first-order valence-electron chi connectivity index (χ1n) is 7.77. The van der Waals surface area contributed by atoms with Gasteiger partial charge in [-0.2, -0.15) is 8.42 Å². The molecular formula is C16H28NO4PS. The van der Waals surface area contributed by atoms with Gasteiger partial charge in [0.15, 0.2) is 0 Å². The molecule has 23 heavy (non-hydrogen) atoms. The first-order valence-corrected chi connectivity index (χ1v) is 10.2. The standard InChI is InChI=1S/C16H28NO4PS/c1-12(21-23(18,19)20)10-11-13(2)22-16-9-7-6-8-15(16)14(3)17(4)5/h6-9,12-14,22H,10-11H2,1-5H3,(H,18,19,20)/t12-,13+,14-/m0/s1. The Hall–Kier alpha value is -0.520. The van der Waals surface area contributed by atoms with E-state index in [0.29, 0.717) is 26.7 Å². The summed E-state index contributed by atoms with van der Waals surface area (Å²) in [6.07, 6.45) is 0.937. The molecule has 1 N–H and O–H groups in total. The number of rotatable bonds is 9. The summed E-state index contributed by atoms with van der Waals surface area (Å²) in [5.74, 6) is 0. The molecule has 0 saturated carbocycles. The highest BCUT2D eigenvalue weighted by molar-refractivity contribution is 7.80.